The number of alkyl halides is 3. The van der Waals surface area contributed by atoms with Gasteiger partial charge in [0, 0.05) is 0 Å². The smallest absolute Gasteiger partial charge is 0.419 e. The number of carboxylic acids is 1. The van der Waals surface area contributed by atoms with Gasteiger partial charge in [-0.3, -0.25) is 14.5 Å². The summed E-state index contributed by atoms with van der Waals surface area (Å²) >= 11 is 5.08. The molecule has 132 valence electrons. The first-order chi connectivity index (χ1) is 11.4. The number of carbonyl (C=O) groups is 2. The van der Waals surface area contributed by atoms with Gasteiger partial charge in [0.15, 0.2) is 10.8 Å². The molecule has 1 aromatic heterocycles. The number of nitrogens with zero attached hydrogens (tertiary/aromatic N) is 4. The molecule has 1 saturated heterocycles. The van der Waals surface area contributed by atoms with Crippen LogP contribution in [0.2, 0.25) is 0 Å². The Morgan fingerprint density at radius 2 is 2.08 bits per heavy atom. The fraction of sp³-hybridized carbons (Fsp3) is 0.357. The summed E-state index contributed by atoms with van der Waals surface area (Å²) in [6.07, 6.45) is -3.94. The molecule has 0 unspecified atom stereocenters. The first-order valence-electron chi connectivity index (χ1n) is 6.76. The third kappa shape index (κ3) is 3.12. The molecule has 1 fully saturated rings. The predicted molar refractivity (Wildman–Crippen MR) is 82.5 cm³/mol. The van der Waals surface area contributed by atoms with E-state index in [1.54, 1.807) is 0 Å². The second-order valence-electron chi connectivity index (χ2n) is 5.66. The van der Waals surface area contributed by atoms with E-state index in [1.165, 1.54) is 19.9 Å². The Labute approximate surface area is 145 Å². The average molecular weight is 372 g/mol. The van der Waals surface area contributed by atoms with E-state index in [9.17, 15) is 22.8 Å². The quantitative estimate of drug-likeness (QED) is 0.808. The summed E-state index contributed by atoms with van der Waals surface area (Å²) < 4.78 is 39.2. The zero-order valence-electron chi connectivity index (χ0n) is 13.0. The molecule has 0 radical (unpaired) electrons. The number of thiocarbonyl (C=S) groups is 1. The number of pyridine rings is 1. The number of carboxylic acid groups (broad SMARTS) is 1. The van der Waals surface area contributed by atoms with E-state index < -0.39 is 41.4 Å². The van der Waals surface area contributed by atoms with Crippen molar-refractivity contribution in [2.45, 2.75) is 25.6 Å². The Morgan fingerprint density at radius 3 is 2.56 bits per heavy atom. The highest BCUT2D eigenvalue weighted by molar-refractivity contribution is 7.80. The number of hydrogen-bond acceptors (Lipinski definition) is 5. The van der Waals surface area contributed by atoms with Crippen LogP contribution in [-0.2, 0) is 15.8 Å². The number of nitriles is 1. The number of carbonyl (C=O) groups excluding carboxylic acids is 1. The SMILES string of the molecule is CC1(C)C(=O)N(c2cnc(C#N)c(C(F)(F)F)c2)C(=S)N1CC(=O)O. The molecule has 0 atom stereocenters. The summed E-state index contributed by atoms with van der Waals surface area (Å²) in [6.45, 7) is 2.22. The number of rotatable bonds is 3. The Bertz CT molecular complexity index is 817. The molecule has 0 aromatic carbocycles. The number of aliphatic carboxylic acids is 1. The minimum Gasteiger partial charge on any atom is -0.480 e. The second-order valence-corrected chi connectivity index (χ2v) is 6.03. The van der Waals surface area contributed by atoms with Crippen molar-refractivity contribution in [2.75, 3.05) is 11.4 Å². The molecule has 0 aliphatic carbocycles. The van der Waals surface area contributed by atoms with Gasteiger partial charge in [0.1, 0.15) is 18.2 Å². The molecular formula is C14H11F3N4O3S. The van der Waals surface area contributed by atoms with E-state index in [2.05, 4.69) is 4.98 Å². The van der Waals surface area contributed by atoms with Crippen LogP contribution in [-0.4, -0.2) is 44.1 Å². The third-order valence-electron chi connectivity index (χ3n) is 3.66. The molecule has 0 bridgehead atoms. The highest BCUT2D eigenvalue weighted by Gasteiger charge is 2.50. The first-order valence-corrected chi connectivity index (χ1v) is 7.17. The molecule has 25 heavy (non-hydrogen) atoms. The monoisotopic (exact) mass is 372 g/mol. The van der Waals surface area contributed by atoms with Crippen molar-refractivity contribution in [3.63, 3.8) is 0 Å². The second kappa shape index (κ2) is 5.96. The van der Waals surface area contributed by atoms with Gasteiger partial charge in [-0.25, -0.2) is 4.98 Å². The van der Waals surface area contributed by atoms with Crippen molar-refractivity contribution in [3.05, 3.63) is 23.5 Å². The highest BCUT2D eigenvalue weighted by Crippen LogP contribution is 2.36. The summed E-state index contributed by atoms with van der Waals surface area (Å²) in [5.41, 5.74) is -3.79. The van der Waals surface area contributed by atoms with Crippen molar-refractivity contribution < 1.29 is 27.9 Å². The lowest BCUT2D eigenvalue weighted by molar-refractivity contribution is -0.139. The van der Waals surface area contributed by atoms with Crippen LogP contribution in [0.4, 0.5) is 18.9 Å². The molecule has 0 saturated carbocycles. The molecule has 0 spiro atoms. The minimum absolute atomic E-state index is 0.253. The molecule has 11 heteroatoms. The summed E-state index contributed by atoms with van der Waals surface area (Å²) in [6, 6.07) is 1.93. The molecule has 1 aromatic rings. The van der Waals surface area contributed by atoms with E-state index in [-0.39, 0.29) is 10.8 Å². The Kier molecular flexibility index (Phi) is 4.43. The van der Waals surface area contributed by atoms with Crippen molar-refractivity contribution in [1.29, 1.82) is 5.26 Å². The molecule has 1 amide bonds. The topological polar surface area (TPSA) is 97.5 Å². The summed E-state index contributed by atoms with van der Waals surface area (Å²) in [4.78, 5) is 28.9. The summed E-state index contributed by atoms with van der Waals surface area (Å²) in [7, 11) is 0. The number of aromatic nitrogens is 1. The fourth-order valence-corrected chi connectivity index (χ4v) is 2.83. The van der Waals surface area contributed by atoms with Gasteiger partial charge in [-0.15, -0.1) is 0 Å². The van der Waals surface area contributed by atoms with Gasteiger partial charge in [0.25, 0.3) is 5.91 Å². The highest BCUT2D eigenvalue weighted by atomic mass is 32.1. The normalized spacial score (nSPS) is 17.0. The summed E-state index contributed by atoms with van der Waals surface area (Å²) in [5.74, 6) is -1.95. The zero-order valence-corrected chi connectivity index (χ0v) is 13.8. The van der Waals surface area contributed by atoms with Gasteiger partial charge in [0.05, 0.1) is 17.4 Å². The molecule has 7 nitrogen and oxygen atoms in total. The van der Waals surface area contributed by atoms with E-state index in [0.717, 1.165) is 16.0 Å². The fourth-order valence-electron chi connectivity index (χ4n) is 2.35. The number of anilines is 1. The maximum Gasteiger partial charge on any atom is 0.419 e. The van der Waals surface area contributed by atoms with Crippen LogP contribution in [0.15, 0.2) is 12.3 Å². The Balaban J connectivity index is 2.56. The van der Waals surface area contributed by atoms with Crippen LogP contribution in [0, 0.1) is 11.3 Å². The van der Waals surface area contributed by atoms with Gasteiger partial charge in [-0.2, -0.15) is 18.4 Å². The van der Waals surface area contributed by atoms with Gasteiger partial charge in [-0.05, 0) is 32.1 Å². The van der Waals surface area contributed by atoms with E-state index in [4.69, 9.17) is 22.6 Å². The number of hydrogen-bond donors (Lipinski definition) is 1. The molecular weight excluding hydrogens is 361 g/mol. The molecule has 2 rings (SSSR count). The Morgan fingerprint density at radius 1 is 1.48 bits per heavy atom. The van der Waals surface area contributed by atoms with Gasteiger partial charge in [-0.1, -0.05) is 0 Å². The van der Waals surface area contributed by atoms with Crippen LogP contribution in [0.25, 0.3) is 0 Å². The molecule has 2 heterocycles. The van der Waals surface area contributed by atoms with E-state index in [0.29, 0.717) is 6.07 Å². The lowest BCUT2D eigenvalue weighted by atomic mass is 10.0. The predicted octanol–water partition coefficient (Wildman–Crippen LogP) is 1.77. The molecule has 1 aliphatic rings. The van der Waals surface area contributed by atoms with Crippen molar-refractivity contribution >= 4 is 34.9 Å². The minimum atomic E-state index is -4.85. The van der Waals surface area contributed by atoms with Crippen molar-refractivity contribution in [1.82, 2.24) is 9.88 Å². The average Bonchev–Trinajstić information content (AvgIpc) is 2.66. The van der Waals surface area contributed by atoms with Crippen LogP contribution in [0.5, 0.6) is 0 Å². The van der Waals surface area contributed by atoms with Gasteiger partial charge < -0.3 is 10.0 Å². The first kappa shape index (κ1) is 18.6. The number of halogens is 3. The maximum atomic E-state index is 13.1. The lowest BCUT2D eigenvalue weighted by Gasteiger charge is -2.27. The molecule has 1 aliphatic heterocycles. The van der Waals surface area contributed by atoms with Crippen LogP contribution >= 0.6 is 12.2 Å². The Hall–Kier alpha value is -2.74. The largest absolute Gasteiger partial charge is 0.480 e. The van der Waals surface area contributed by atoms with Crippen LogP contribution < -0.4 is 4.90 Å². The third-order valence-corrected chi connectivity index (χ3v) is 4.06. The maximum absolute atomic E-state index is 13.1. The molecule has 1 N–H and O–H groups in total. The van der Waals surface area contributed by atoms with E-state index >= 15 is 0 Å². The van der Waals surface area contributed by atoms with Crippen LogP contribution in [0.3, 0.4) is 0 Å². The van der Waals surface area contributed by atoms with Crippen molar-refractivity contribution in [2.24, 2.45) is 0 Å². The zero-order chi connectivity index (χ0) is 19.2. The van der Waals surface area contributed by atoms with Gasteiger partial charge >= 0.3 is 12.1 Å². The van der Waals surface area contributed by atoms with Crippen LogP contribution in [0.1, 0.15) is 25.1 Å². The standard InChI is InChI=1S/C14H11F3N4O3S/c1-13(2)11(24)21(12(25)20(13)6-10(22)23)7-3-8(14(15,16)17)9(4-18)19-5-7/h3,5H,6H2,1-2H3,(H,22,23). The lowest BCUT2D eigenvalue weighted by Crippen LogP contribution is -2.46. The summed E-state index contributed by atoms with van der Waals surface area (Å²) in [5, 5.41) is 17.5. The van der Waals surface area contributed by atoms with E-state index in [1.807, 2.05) is 0 Å². The van der Waals surface area contributed by atoms with Crippen molar-refractivity contribution in [3.8, 4) is 6.07 Å². The van der Waals surface area contributed by atoms with Gasteiger partial charge in [0.2, 0.25) is 0 Å². The number of amides is 1.